The van der Waals surface area contributed by atoms with Crippen LogP contribution in [0.4, 0.5) is 5.69 Å². The van der Waals surface area contributed by atoms with Crippen molar-refractivity contribution in [2.75, 3.05) is 18.5 Å². The molecule has 1 N–H and O–H groups in total. The maximum Gasteiger partial charge on any atom is 0.142 e. The lowest BCUT2D eigenvalue weighted by atomic mass is 9.76. The van der Waals surface area contributed by atoms with E-state index in [0.717, 1.165) is 30.7 Å². The second kappa shape index (κ2) is 5.85. The maximum atomic E-state index is 5.72. The molecule has 3 rings (SSSR count). The summed E-state index contributed by atoms with van der Waals surface area (Å²) in [7, 11) is 0. The van der Waals surface area contributed by atoms with Crippen LogP contribution >= 0.6 is 0 Å². The molecule has 19 heavy (non-hydrogen) atoms. The fraction of sp³-hybridized carbons (Fsp3) is 0.647. The maximum absolute atomic E-state index is 5.72. The molecule has 0 saturated heterocycles. The molecule has 0 amide bonds. The van der Waals surface area contributed by atoms with Gasteiger partial charge in [-0.15, -0.1) is 0 Å². The zero-order chi connectivity index (χ0) is 13.1. The van der Waals surface area contributed by atoms with Crippen molar-refractivity contribution in [3.8, 4) is 5.75 Å². The van der Waals surface area contributed by atoms with Gasteiger partial charge in [0.05, 0.1) is 12.3 Å². The third-order valence-corrected chi connectivity index (χ3v) is 4.75. The number of fused-ring (bicyclic) bond motifs is 1. The molecule has 1 heterocycles. The van der Waals surface area contributed by atoms with Crippen molar-refractivity contribution in [1.29, 1.82) is 0 Å². The molecule has 1 aromatic rings. The summed E-state index contributed by atoms with van der Waals surface area (Å²) in [5, 5.41) is 3.64. The highest BCUT2D eigenvalue weighted by atomic mass is 16.5. The van der Waals surface area contributed by atoms with Crippen molar-refractivity contribution in [2.24, 2.45) is 11.8 Å². The molecule has 1 aromatic carbocycles. The average Bonchev–Trinajstić information content (AvgIpc) is 2.48. The normalized spacial score (nSPS) is 23.5. The number of para-hydroxylation sites is 1. The summed E-state index contributed by atoms with van der Waals surface area (Å²) >= 11 is 0. The van der Waals surface area contributed by atoms with Gasteiger partial charge in [0.15, 0.2) is 0 Å². The summed E-state index contributed by atoms with van der Waals surface area (Å²) in [6.45, 7) is 3.92. The van der Waals surface area contributed by atoms with Crippen LogP contribution in [0.3, 0.4) is 0 Å². The van der Waals surface area contributed by atoms with E-state index in [-0.39, 0.29) is 0 Å². The Hall–Kier alpha value is -1.18. The van der Waals surface area contributed by atoms with Crippen LogP contribution in [0.1, 0.15) is 44.6 Å². The van der Waals surface area contributed by atoms with E-state index in [0.29, 0.717) is 0 Å². The summed E-state index contributed by atoms with van der Waals surface area (Å²) in [5.74, 6) is 2.79. The first-order valence-corrected chi connectivity index (χ1v) is 7.87. The van der Waals surface area contributed by atoms with Gasteiger partial charge in [-0.2, -0.15) is 0 Å². The van der Waals surface area contributed by atoms with E-state index in [1.165, 1.54) is 49.8 Å². The third-order valence-electron chi connectivity index (χ3n) is 4.75. The zero-order valence-corrected chi connectivity index (χ0v) is 12.0. The fourth-order valence-corrected chi connectivity index (χ4v) is 3.75. The highest BCUT2D eigenvalue weighted by molar-refractivity contribution is 5.63. The average molecular weight is 259 g/mol. The van der Waals surface area contributed by atoms with Gasteiger partial charge >= 0.3 is 0 Å². The van der Waals surface area contributed by atoms with E-state index in [2.05, 4.69) is 23.5 Å². The van der Waals surface area contributed by atoms with Crippen molar-refractivity contribution in [3.63, 3.8) is 0 Å². The van der Waals surface area contributed by atoms with Crippen molar-refractivity contribution >= 4 is 5.69 Å². The number of hydrogen-bond donors (Lipinski definition) is 1. The molecule has 1 atom stereocenters. The number of hydrogen-bond acceptors (Lipinski definition) is 2. The van der Waals surface area contributed by atoms with E-state index >= 15 is 0 Å². The van der Waals surface area contributed by atoms with Gasteiger partial charge in [0.1, 0.15) is 5.75 Å². The number of ether oxygens (including phenoxy) is 1. The molecule has 0 radical (unpaired) electrons. The smallest absolute Gasteiger partial charge is 0.142 e. The van der Waals surface area contributed by atoms with Crippen molar-refractivity contribution in [2.45, 2.75) is 45.4 Å². The molecule has 0 bridgehead atoms. The lowest BCUT2D eigenvalue weighted by Gasteiger charge is -2.35. The first-order chi connectivity index (χ1) is 9.38. The Kier molecular flexibility index (Phi) is 3.95. The van der Waals surface area contributed by atoms with E-state index in [1.807, 2.05) is 6.92 Å². The highest BCUT2D eigenvalue weighted by Gasteiger charge is 2.28. The number of anilines is 1. The molecule has 2 nitrogen and oxygen atoms in total. The molecular weight excluding hydrogens is 234 g/mol. The van der Waals surface area contributed by atoms with Crippen LogP contribution in [-0.4, -0.2) is 13.2 Å². The second-order valence-corrected chi connectivity index (χ2v) is 5.97. The Morgan fingerprint density at radius 2 is 2.00 bits per heavy atom. The summed E-state index contributed by atoms with van der Waals surface area (Å²) in [6.07, 6.45) is 8.43. The molecule has 0 spiro atoms. The van der Waals surface area contributed by atoms with Crippen molar-refractivity contribution < 1.29 is 4.74 Å². The van der Waals surface area contributed by atoms with Crippen molar-refractivity contribution in [3.05, 3.63) is 23.8 Å². The van der Waals surface area contributed by atoms with Crippen LogP contribution in [0, 0.1) is 11.8 Å². The summed E-state index contributed by atoms with van der Waals surface area (Å²) in [5.41, 5.74) is 2.70. The van der Waals surface area contributed by atoms with Gasteiger partial charge < -0.3 is 10.1 Å². The van der Waals surface area contributed by atoms with Crippen LogP contribution in [0.25, 0.3) is 0 Å². The van der Waals surface area contributed by atoms with Gasteiger partial charge in [-0.1, -0.05) is 44.2 Å². The molecule has 1 aliphatic carbocycles. The monoisotopic (exact) mass is 259 g/mol. The van der Waals surface area contributed by atoms with Gasteiger partial charge in [0.25, 0.3) is 0 Å². The zero-order valence-electron chi connectivity index (χ0n) is 12.0. The quantitative estimate of drug-likeness (QED) is 0.876. The van der Waals surface area contributed by atoms with Gasteiger partial charge in [0, 0.05) is 6.54 Å². The number of benzene rings is 1. The van der Waals surface area contributed by atoms with Gasteiger partial charge in [-0.05, 0) is 36.8 Å². The highest BCUT2D eigenvalue weighted by Crippen LogP contribution is 2.39. The summed E-state index contributed by atoms with van der Waals surface area (Å²) < 4.78 is 5.72. The Morgan fingerprint density at radius 1 is 1.16 bits per heavy atom. The first-order valence-electron chi connectivity index (χ1n) is 7.87. The number of nitrogens with one attached hydrogen (secondary N) is 1. The van der Waals surface area contributed by atoms with Crippen LogP contribution < -0.4 is 10.1 Å². The van der Waals surface area contributed by atoms with E-state index in [9.17, 15) is 0 Å². The second-order valence-electron chi connectivity index (χ2n) is 5.97. The van der Waals surface area contributed by atoms with Gasteiger partial charge in [-0.3, -0.25) is 0 Å². The standard InChI is InChI=1S/C17H25NO/c1-2-19-16-10-6-9-14-11-15(12-18-17(14)16)13-7-4-3-5-8-13/h6,9-10,13,15,18H,2-5,7-8,11-12H2,1H3. The molecule has 2 aliphatic rings. The number of rotatable bonds is 3. The van der Waals surface area contributed by atoms with E-state index in [1.54, 1.807) is 0 Å². The predicted octanol–water partition coefficient (Wildman–Crippen LogP) is 4.25. The minimum absolute atomic E-state index is 0.740. The topological polar surface area (TPSA) is 21.3 Å². The lowest BCUT2D eigenvalue weighted by molar-refractivity contribution is 0.251. The Labute approximate surface area is 116 Å². The first kappa shape index (κ1) is 12.8. The summed E-state index contributed by atoms with van der Waals surface area (Å²) in [6, 6.07) is 6.48. The van der Waals surface area contributed by atoms with E-state index in [4.69, 9.17) is 4.74 Å². The van der Waals surface area contributed by atoms with Crippen molar-refractivity contribution in [1.82, 2.24) is 0 Å². The molecular formula is C17H25NO. The summed E-state index contributed by atoms with van der Waals surface area (Å²) in [4.78, 5) is 0. The Bertz CT molecular complexity index is 423. The molecule has 0 aromatic heterocycles. The molecule has 1 saturated carbocycles. The lowest BCUT2D eigenvalue weighted by Crippen LogP contribution is -2.30. The molecule has 1 aliphatic heterocycles. The third kappa shape index (κ3) is 2.72. The van der Waals surface area contributed by atoms with Gasteiger partial charge in [0.2, 0.25) is 0 Å². The largest absolute Gasteiger partial charge is 0.492 e. The Morgan fingerprint density at radius 3 is 2.79 bits per heavy atom. The molecule has 2 heteroatoms. The molecule has 1 fully saturated rings. The fourth-order valence-electron chi connectivity index (χ4n) is 3.75. The van der Waals surface area contributed by atoms with E-state index < -0.39 is 0 Å². The van der Waals surface area contributed by atoms with Gasteiger partial charge in [-0.25, -0.2) is 0 Å². The van der Waals surface area contributed by atoms with Crippen LogP contribution in [0.2, 0.25) is 0 Å². The molecule has 1 unspecified atom stereocenters. The van der Waals surface area contributed by atoms with Crippen LogP contribution in [0.5, 0.6) is 5.75 Å². The minimum atomic E-state index is 0.740. The van der Waals surface area contributed by atoms with Crippen LogP contribution in [-0.2, 0) is 6.42 Å². The molecule has 104 valence electrons. The SMILES string of the molecule is CCOc1cccc2c1NCC(C1CCCCC1)C2. The minimum Gasteiger partial charge on any atom is -0.492 e. The Balaban J connectivity index is 1.74. The predicted molar refractivity (Wildman–Crippen MR) is 79.9 cm³/mol. The van der Waals surface area contributed by atoms with Crippen LogP contribution in [0.15, 0.2) is 18.2 Å².